The molecule has 170 valence electrons. The first-order valence-electron chi connectivity index (χ1n) is 10.1. The maximum atomic E-state index is 12.8. The molecule has 3 amide bonds. The molecule has 8 nitrogen and oxygen atoms in total. The molecule has 0 saturated carbocycles. The van der Waals surface area contributed by atoms with Crippen LogP contribution in [-0.2, 0) is 20.7 Å². The summed E-state index contributed by atoms with van der Waals surface area (Å²) >= 11 is 11.8. The molecular weight excluding hydrogens is 471 g/mol. The number of nitrogens with zero attached hydrogens (tertiary/aromatic N) is 2. The largest absolute Gasteiger partial charge is 0.453 e. The quantitative estimate of drug-likeness (QED) is 0.363. The Bertz CT molecular complexity index is 1200. The number of imide groups is 1. The number of carbonyl (C=O) groups is 5. The summed E-state index contributed by atoms with van der Waals surface area (Å²) in [6, 6.07) is 7.50. The molecule has 1 unspecified atom stereocenters. The molecule has 2 heterocycles. The average molecular weight is 489 g/mol. The molecule has 2 aromatic rings. The Morgan fingerprint density at radius 2 is 1.64 bits per heavy atom. The van der Waals surface area contributed by atoms with Crippen molar-refractivity contribution >= 4 is 58.4 Å². The molecule has 2 aliphatic rings. The van der Waals surface area contributed by atoms with Crippen LogP contribution in [-0.4, -0.2) is 53.6 Å². The van der Waals surface area contributed by atoms with Crippen LogP contribution >= 0.6 is 23.2 Å². The molecule has 0 aromatic heterocycles. The Labute approximate surface area is 199 Å². The SMILES string of the molecule is CC(=O)N1CCc2cc(C(=O)C(C)OC(=O)CN3C(=O)c4cc(Cl)c(Cl)cc4C3=O)ccc21. The molecule has 0 N–H and O–H groups in total. The Morgan fingerprint density at radius 3 is 2.21 bits per heavy atom. The maximum Gasteiger partial charge on any atom is 0.326 e. The standard InChI is InChI=1S/C23H18Cl2N2O6/c1-11(21(30)14-3-4-19-13(7-14)5-6-26(19)12(2)28)33-20(29)10-27-22(31)15-8-17(24)18(25)9-16(15)23(27)32/h3-4,7-9,11H,5-6,10H2,1-2H3. The van der Waals surface area contributed by atoms with Crippen molar-refractivity contribution in [2.75, 3.05) is 18.0 Å². The van der Waals surface area contributed by atoms with E-state index in [1.807, 2.05) is 0 Å². The van der Waals surface area contributed by atoms with Crippen molar-refractivity contribution < 1.29 is 28.7 Å². The molecule has 2 aromatic carbocycles. The summed E-state index contributed by atoms with van der Waals surface area (Å²) in [5, 5.41) is 0.224. The lowest BCUT2D eigenvalue weighted by Gasteiger charge is -2.17. The van der Waals surface area contributed by atoms with Gasteiger partial charge in [-0.25, -0.2) is 0 Å². The van der Waals surface area contributed by atoms with Crippen molar-refractivity contribution in [3.63, 3.8) is 0 Å². The highest BCUT2D eigenvalue weighted by Crippen LogP contribution is 2.32. The summed E-state index contributed by atoms with van der Waals surface area (Å²) in [6.07, 6.45) is -0.516. The monoisotopic (exact) mass is 488 g/mol. The molecule has 0 radical (unpaired) electrons. The number of fused-ring (bicyclic) bond motifs is 2. The number of rotatable bonds is 5. The number of hydrogen-bond acceptors (Lipinski definition) is 6. The molecule has 0 saturated heterocycles. The van der Waals surface area contributed by atoms with E-state index in [9.17, 15) is 24.0 Å². The summed E-state index contributed by atoms with van der Waals surface area (Å²) in [7, 11) is 0. The van der Waals surface area contributed by atoms with Crippen molar-refractivity contribution in [1.82, 2.24) is 4.90 Å². The first-order valence-corrected chi connectivity index (χ1v) is 10.8. The van der Waals surface area contributed by atoms with Gasteiger partial charge < -0.3 is 9.64 Å². The summed E-state index contributed by atoms with van der Waals surface area (Å²) in [5.41, 5.74) is 2.05. The molecular formula is C23H18Cl2N2O6. The number of Topliss-reactive ketones (excluding diaryl/α,β-unsaturated/α-hetero) is 1. The summed E-state index contributed by atoms with van der Waals surface area (Å²) in [5.74, 6) is -2.82. The third kappa shape index (κ3) is 4.12. The van der Waals surface area contributed by atoms with Gasteiger partial charge in [0.1, 0.15) is 6.54 Å². The normalized spacial score (nSPS) is 15.4. The van der Waals surface area contributed by atoms with Crippen LogP contribution in [0.2, 0.25) is 10.0 Å². The van der Waals surface area contributed by atoms with Crippen molar-refractivity contribution in [1.29, 1.82) is 0 Å². The van der Waals surface area contributed by atoms with E-state index in [0.29, 0.717) is 18.5 Å². The van der Waals surface area contributed by atoms with E-state index in [1.54, 1.807) is 23.1 Å². The highest BCUT2D eigenvalue weighted by Gasteiger charge is 2.38. The van der Waals surface area contributed by atoms with Gasteiger partial charge in [0.05, 0.1) is 21.2 Å². The van der Waals surface area contributed by atoms with Gasteiger partial charge in [-0.15, -0.1) is 0 Å². The second kappa shape index (κ2) is 8.61. The fourth-order valence-electron chi connectivity index (χ4n) is 3.96. The van der Waals surface area contributed by atoms with Crippen molar-refractivity contribution in [2.24, 2.45) is 0 Å². The van der Waals surface area contributed by atoms with Crippen LogP contribution in [0.3, 0.4) is 0 Å². The lowest BCUT2D eigenvalue weighted by atomic mass is 10.0. The molecule has 0 fully saturated rings. The molecule has 1 atom stereocenters. The van der Waals surface area contributed by atoms with Crippen molar-refractivity contribution in [2.45, 2.75) is 26.4 Å². The first-order chi connectivity index (χ1) is 15.6. The van der Waals surface area contributed by atoms with Crippen molar-refractivity contribution in [3.05, 3.63) is 62.6 Å². The first kappa shape index (κ1) is 22.9. The van der Waals surface area contributed by atoms with Crippen molar-refractivity contribution in [3.8, 4) is 0 Å². The molecule has 0 spiro atoms. The van der Waals surface area contributed by atoms with Crippen LogP contribution in [0.15, 0.2) is 30.3 Å². The van der Waals surface area contributed by atoms with Gasteiger partial charge in [-0.05, 0) is 49.2 Å². The van der Waals surface area contributed by atoms with Gasteiger partial charge >= 0.3 is 5.97 Å². The molecule has 2 aliphatic heterocycles. The Balaban J connectivity index is 1.42. The van der Waals surface area contributed by atoms with Gasteiger partial charge in [0, 0.05) is 24.7 Å². The maximum absolute atomic E-state index is 12.8. The Kier molecular flexibility index (Phi) is 5.99. The zero-order valence-corrected chi connectivity index (χ0v) is 19.2. The number of ether oxygens (including phenoxy) is 1. The smallest absolute Gasteiger partial charge is 0.326 e. The number of carbonyl (C=O) groups excluding carboxylic acids is 5. The molecule has 33 heavy (non-hydrogen) atoms. The second-order valence-electron chi connectivity index (χ2n) is 7.77. The van der Waals surface area contributed by atoms with Gasteiger partial charge in [0.15, 0.2) is 6.10 Å². The minimum absolute atomic E-state index is 0.0454. The minimum Gasteiger partial charge on any atom is -0.453 e. The number of benzene rings is 2. The zero-order chi connectivity index (χ0) is 24.0. The van der Waals surface area contributed by atoms with Gasteiger partial charge in [0.2, 0.25) is 11.7 Å². The predicted molar refractivity (Wildman–Crippen MR) is 120 cm³/mol. The van der Waals surface area contributed by atoms with Gasteiger partial charge in [0.25, 0.3) is 11.8 Å². The zero-order valence-electron chi connectivity index (χ0n) is 17.7. The van der Waals surface area contributed by atoms with E-state index in [4.69, 9.17) is 27.9 Å². The Hall–Kier alpha value is -3.23. The van der Waals surface area contributed by atoms with Gasteiger partial charge in [-0.3, -0.25) is 28.9 Å². The molecule has 4 rings (SSSR count). The number of hydrogen-bond donors (Lipinski definition) is 0. The van der Waals surface area contributed by atoms with Crippen LogP contribution in [0.1, 0.15) is 50.5 Å². The number of anilines is 1. The third-order valence-corrected chi connectivity index (χ3v) is 6.34. The average Bonchev–Trinajstić information content (AvgIpc) is 3.29. The van der Waals surface area contributed by atoms with Gasteiger partial charge in [-0.2, -0.15) is 0 Å². The molecule has 0 aliphatic carbocycles. The predicted octanol–water partition coefficient (Wildman–Crippen LogP) is 3.31. The lowest BCUT2D eigenvalue weighted by molar-refractivity contribution is -0.146. The highest BCUT2D eigenvalue weighted by molar-refractivity contribution is 6.43. The van der Waals surface area contributed by atoms with E-state index in [-0.39, 0.29) is 27.1 Å². The summed E-state index contributed by atoms with van der Waals surface area (Å²) in [6.45, 7) is 2.78. The minimum atomic E-state index is -1.14. The van der Waals surface area contributed by atoms with Crippen LogP contribution in [0.4, 0.5) is 5.69 Å². The third-order valence-electron chi connectivity index (χ3n) is 5.62. The van der Waals surface area contributed by atoms with E-state index in [0.717, 1.165) is 16.2 Å². The fraction of sp³-hybridized carbons (Fsp3) is 0.261. The van der Waals surface area contributed by atoms with Crippen LogP contribution in [0.5, 0.6) is 0 Å². The topological polar surface area (TPSA) is 101 Å². The number of ketones is 1. The highest BCUT2D eigenvalue weighted by atomic mass is 35.5. The second-order valence-corrected chi connectivity index (χ2v) is 8.58. The number of esters is 1. The van der Waals surface area contributed by atoms with Crippen LogP contribution in [0.25, 0.3) is 0 Å². The lowest BCUT2D eigenvalue weighted by Crippen LogP contribution is -2.37. The van der Waals surface area contributed by atoms with Crippen LogP contribution < -0.4 is 4.90 Å². The van der Waals surface area contributed by atoms with Crippen LogP contribution in [0, 0.1) is 0 Å². The van der Waals surface area contributed by atoms with E-state index < -0.39 is 36.2 Å². The van der Waals surface area contributed by atoms with Gasteiger partial charge in [-0.1, -0.05) is 23.2 Å². The van der Waals surface area contributed by atoms with E-state index in [2.05, 4.69) is 0 Å². The number of amides is 3. The fourth-order valence-corrected chi connectivity index (χ4v) is 4.29. The van der Waals surface area contributed by atoms with E-state index in [1.165, 1.54) is 26.0 Å². The Morgan fingerprint density at radius 1 is 1.03 bits per heavy atom. The molecule has 0 bridgehead atoms. The summed E-state index contributed by atoms with van der Waals surface area (Å²) < 4.78 is 5.20. The van der Waals surface area contributed by atoms with E-state index >= 15 is 0 Å². The summed E-state index contributed by atoms with van der Waals surface area (Å²) in [4.78, 5) is 64.3. The number of halogens is 2. The molecule has 10 heteroatoms.